The molecule has 9 nitrogen and oxygen atoms in total. The van der Waals surface area contributed by atoms with Gasteiger partial charge in [-0.3, -0.25) is 24.5 Å². The summed E-state index contributed by atoms with van der Waals surface area (Å²) in [5, 5.41) is 12.7. The van der Waals surface area contributed by atoms with E-state index in [-0.39, 0.29) is 11.4 Å². The van der Waals surface area contributed by atoms with Gasteiger partial charge in [0, 0.05) is 12.1 Å². The first kappa shape index (κ1) is 21.5. The number of nitro groups is 1. The Morgan fingerprint density at radius 1 is 0.971 bits per heavy atom. The van der Waals surface area contributed by atoms with Crippen LogP contribution < -0.4 is 14.7 Å². The zero-order valence-electron chi connectivity index (χ0n) is 17.8. The van der Waals surface area contributed by atoms with Gasteiger partial charge in [-0.2, -0.15) is 0 Å². The summed E-state index contributed by atoms with van der Waals surface area (Å²) in [6.45, 7) is 0. The molecule has 0 aliphatic carbocycles. The van der Waals surface area contributed by atoms with Gasteiger partial charge >= 0.3 is 0 Å². The average Bonchev–Trinajstić information content (AvgIpc) is 3.36. The summed E-state index contributed by atoms with van der Waals surface area (Å²) < 4.78 is 18.7. The second-order valence-electron chi connectivity index (χ2n) is 7.86. The Morgan fingerprint density at radius 3 is 2.41 bits per heavy atom. The van der Waals surface area contributed by atoms with Crippen molar-refractivity contribution >= 4 is 28.9 Å². The van der Waals surface area contributed by atoms with Crippen LogP contribution in [0.25, 0.3) is 0 Å². The summed E-state index contributed by atoms with van der Waals surface area (Å²) in [7, 11) is 1.51. The molecule has 0 radical (unpaired) electrons. The van der Waals surface area contributed by atoms with Crippen LogP contribution in [0.2, 0.25) is 0 Å². The van der Waals surface area contributed by atoms with E-state index in [9.17, 15) is 24.1 Å². The number of nitrogens with zero attached hydrogens (tertiary/aromatic N) is 3. The average molecular weight is 463 g/mol. The van der Waals surface area contributed by atoms with Gasteiger partial charge in [0.05, 0.1) is 29.4 Å². The van der Waals surface area contributed by atoms with Crippen molar-refractivity contribution in [1.82, 2.24) is 0 Å². The lowest BCUT2D eigenvalue weighted by atomic mass is 9.90. The molecule has 2 heterocycles. The maximum absolute atomic E-state index is 13.5. The zero-order chi connectivity index (χ0) is 24.0. The first-order valence-electron chi connectivity index (χ1n) is 10.4. The quantitative estimate of drug-likeness (QED) is 0.322. The van der Waals surface area contributed by atoms with Gasteiger partial charge in [-0.15, -0.1) is 0 Å². The summed E-state index contributed by atoms with van der Waals surface area (Å²) in [6, 6.07) is 17.0. The SMILES string of the molecule is COc1cccc([C@@H]2[C@@H]3C(=O)N(c4ccc(F)cc4)C(=O)[C@@H]3ON2c2cccc([N+](=O)[O-])c2)c1. The number of nitro benzene ring substituents is 1. The number of hydroxylamine groups is 1. The van der Waals surface area contributed by atoms with Crippen LogP contribution in [0.3, 0.4) is 0 Å². The minimum absolute atomic E-state index is 0.159. The molecule has 5 rings (SSSR count). The molecule has 2 fully saturated rings. The molecule has 2 amide bonds. The highest BCUT2D eigenvalue weighted by atomic mass is 19.1. The van der Waals surface area contributed by atoms with Crippen molar-refractivity contribution in [1.29, 1.82) is 0 Å². The summed E-state index contributed by atoms with van der Waals surface area (Å²) >= 11 is 0. The molecule has 0 bridgehead atoms. The summed E-state index contributed by atoms with van der Waals surface area (Å²) in [4.78, 5) is 44.6. The van der Waals surface area contributed by atoms with Gasteiger partial charge in [-0.1, -0.05) is 18.2 Å². The minimum atomic E-state index is -1.16. The fourth-order valence-electron chi connectivity index (χ4n) is 4.39. The third-order valence-electron chi connectivity index (χ3n) is 5.93. The number of non-ortho nitro benzene ring substituents is 1. The molecule has 10 heteroatoms. The standard InChI is InChI=1S/C24H18FN3O6/c1-33-19-7-2-4-14(12-19)21-20-22(34-27(21)17-5-3-6-18(13-17)28(31)32)24(30)26(23(20)29)16-10-8-15(25)9-11-16/h2-13,20-22H,1H3/t20-,21+,22+/m0/s1. The number of ether oxygens (including phenoxy) is 1. The van der Waals surface area contributed by atoms with Crippen molar-refractivity contribution in [2.75, 3.05) is 17.1 Å². The number of benzene rings is 3. The number of fused-ring (bicyclic) bond motifs is 1. The Labute approximate surface area is 193 Å². The van der Waals surface area contributed by atoms with E-state index in [0.717, 1.165) is 4.90 Å². The zero-order valence-corrected chi connectivity index (χ0v) is 17.8. The number of carbonyl (C=O) groups excluding carboxylic acids is 2. The van der Waals surface area contributed by atoms with E-state index in [1.54, 1.807) is 30.3 Å². The number of methoxy groups -OCH3 is 1. The van der Waals surface area contributed by atoms with Crippen LogP contribution in [-0.2, 0) is 14.4 Å². The molecule has 172 valence electrons. The van der Waals surface area contributed by atoms with Crippen molar-refractivity contribution in [2.45, 2.75) is 12.1 Å². The maximum Gasteiger partial charge on any atom is 0.271 e. The van der Waals surface area contributed by atoms with E-state index in [1.807, 2.05) is 0 Å². The van der Waals surface area contributed by atoms with Gasteiger partial charge in [0.2, 0.25) is 5.91 Å². The number of carbonyl (C=O) groups is 2. The normalized spacial score (nSPS) is 21.6. The molecule has 3 atom stereocenters. The minimum Gasteiger partial charge on any atom is -0.497 e. The molecule has 34 heavy (non-hydrogen) atoms. The highest BCUT2D eigenvalue weighted by molar-refractivity contribution is 6.23. The van der Waals surface area contributed by atoms with Crippen LogP contribution in [-0.4, -0.2) is 30.0 Å². The van der Waals surface area contributed by atoms with E-state index in [1.165, 1.54) is 54.6 Å². The van der Waals surface area contributed by atoms with Crippen molar-refractivity contribution in [3.8, 4) is 5.75 Å². The summed E-state index contributed by atoms with van der Waals surface area (Å²) in [5.41, 5.74) is 1.03. The molecule has 0 spiro atoms. The predicted molar refractivity (Wildman–Crippen MR) is 119 cm³/mol. The van der Waals surface area contributed by atoms with Gasteiger partial charge in [0.15, 0.2) is 6.10 Å². The number of rotatable bonds is 5. The van der Waals surface area contributed by atoms with Gasteiger partial charge in [0.25, 0.3) is 11.6 Å². The van der Waals surface area contributed by atoms with Crippen LogP contribution in [0.5, 0.6) is 5.75 Å². The van der Waals surface area contributed by atoms with Crippen LogP contribution in [0, 0.1) is 21.8 Å². The lowest BCUT2D eigenvalue weighted by Gasteiger charge is -2.28. The largest absolute Gasteiger partial charge is 0.497 e. The molecule has 0 unspecified atom stereocenters. The van der Waals surface area contributed by atoms with Crippen LogP contribution in [0.15, 0.2) is 72.8 Å². The molecule has 3 aromatic rings. The Bertz CT molecular complexity index is 1300. The van der Waals surface area contributed by atoms with Crippen molar-refractivity contribution in [3.05, 3.63) is 94.3 Å². The van der Waals surface area contributed by atoms with Crippen molar-refractivity contribution in [2.24, 2.45) is 5.92 Å². The topological polar surface area (TPSA) is 102 Å². The second-order valence-corrected chi connectivity index (χ2v) is 7.86. The Hall–Kier alpha value is -4.31. The number of amides is 2. The molecule has 0 aromatic heterocycles. The Morgan fingerprint density at radius 2 is 1.71 bits per heavy atom. The third kappa shape index (κ3) is 3.44. The van der Waals surface area contributed by atoms with Gasteiger partial charge in [-0.05, 0) is 48.0 Å². The Balaban J connectivity index is 1.60. The second kappa shape index (κ2) is 8.23. The highest BCUT2D eigenvalue weighted by Gasteiger charge is 2.60. The first-order chi connectivity index (χ1) is 16.4. The fourth-order valence-corrected chi connectivity index (χ4v) is 4.39. The first-order valence-corrected chi connectivity index (χ1v) is 10.4. The van der Waals surface area contributed by atoms with Crippen LogP contribution in [0.4, 0.5) is 21.5 Å². The van der Waals surface area contributed by atoms with Gasteiger partial charge < -0.3 is 4.74 Å². The van der Waals surface area contributed by atoms with Gasteiger partial charge in [-0.25, -0.2) is 14.4 Å². The number of halogens is 1. The van der Waals surface area contributed by atoms with E-state index in [4.69, 9.17) is 9.57 Å². The number of anilines is 2. The molecule has 2 saturated heterocycles. The number of imide groups is 1. The maximum atomic E-state index is 13.5. The molecule has 2 aliphatic heterocycles. The molecular weight excluding hydrogens is 445 g/mol. The summed E-state index contributed by atoms with van der Waals surface area (Å²) in [6.07, 6.45) is -1.16. The van der Waals surface area contributed by atoms with E-state index in [2.05, 4.69) is 0 Å². The molecule has 0 saturated carbocycles. The number of hydrogen-bond donors (Lipinski definition) is 0. The lowest BCUT2D eigenvalue weighted by molar-refractivity contribution is -0.384. The molecule has 2 aliphatic rings. The van der Waals surface area contributed by atoms with E-state index < -0.39 is 40.6 Å². The van der Waals surface area contributed by atoms with Gasteiger partial charge in [0.1, 0.15) is 17.5 Å². The van der Waals surface area contributed by atoms with Crippen molar-refractivity contribution in [3.63, 3.8) is 0 Å². The fraction of sp³-hybridized carbons (Fsp3) is 0.167. The molecule has 3 aromatic carbocycles. The monoisotopic (exact) mass is 463 g/mol. The van der Waals surface area contributed by atoms with Crippen LogP contribution >= 0.6 is 0 Å². The van der Waals surface area contributed by atoms with Crippen molar-refractivity contribution < 1.29 is 28.5 Å². The smallest absolute Gasteiger partial charge is 0.271 e. The third-order valence-corrected chi connectivity index (χ3v) is 5.93. The van der Waals surface area contributed by atoms with E-state index in [0.29, 0.717) is 17.0 Å². The van der Waals surface area contributed by atoms with Crippen LogP contribution in [0.1, 0.15) is 11.6 Å². The number of hydrogen-bond acceptors (Lipinski definition) is 7. The van der Waals surface area contributed by atoms with E-state index >= 15 is 0 Å². The predicted octanol–water partition coefficient (Wildman–Crippen LogP) is 3.79. The lowest BCUT2D eigenvalue weighted by Crippen LogP contribution is -2.37. The molecule has 0 N–H and O–H groups in total. The molecular formula is C24H18FN3O6. The Kier molecular flexibility index (Phi) is 5.21. The highest BCUT2D eigenvalue weighted by Crippen LogP contribution is 2.48. The summed E-state index contributed by atoms with van der Waals surface area (Å²) in [5.74, 6) is -2.01.